The zero-order valence-corrected chi connectivity index (χ0v) is 10.5. The van der Waals surface area contributed by atoms with Gasteiger partial charge < -0.3 is 9.84 Å². The Kier molecular flexibility index (Phi) is 3.92. The van der Waals surface area contributed by atoms with Crippen molar-refractivity contribution in [1.29, 1.82) is 0 Å². The van der Waals surface area contributed by atoms with E-state index in [0.717, 1.165) is 6.07 Å². The molecule has 0 radical (unpaired) electrons. The molecule has 0 bridgehead atoms. The molecule has 2 aromatic rings. The molecule has 0 saturated heterocycles. The van der Waals surface area contributed by atoms with Crippen molar-refractivity contribution in [2.75, 3.05) is 5.32 Å². The number of non-ortho nitro benzene ring substituents is 1. The lowest BCUT2D eigenvalue weighted by Crippen LogP contribution is -2.03. The highest BCUT2D eigenvalue weighted by Gasteiger charge is 2.18. The van der Waals surface area contributed by atoms with E-state index in [9.17, 15) is 18.9 Å². The number of aryl methyl sites for hydroxylation is 1. The quantitative estimate of drug-likeness (QED) is 0.671. The van der Waals surface area contributed by atoms with Gasteiger partial charge in [0.2, 0.25) is 0 Å². The summed E-state index contributed by atoms with van der Waals surface area (Å²) in [6, 6.07) is 4.95. The lowest BCUT2D eigenvalue weighted by atomic mass is 10.1. The first kappa shape index (κ1) is 13.9. The predicted molar refractivity (Wildman–Crippen MR) is 66.6 cm³/mol. The molecule has 0 aliphatic rings. The van der Waals surface area contributed by atoms with Crippen LogP contribution in [-0.4, -0.2) is 10.1 Å². The van der Waals surface area contributed by atoms with Crippen LogP contribution < -0.4 is 5.32 Å². The maximum atomic E-state index is 12.9. The second-order valence-corrected chi connectivity index (χ2v) is 4.12. The van der Waals surface area contributed by atoms with Crippen LogP contribution in [0, 0.1) is 17.0 Å². The van der Waals surface area contributed by atoms with Crippen LogP contribution in [0.4, 0.5) is 20.2 Å². The maximum absolute atomic E-state index is 12.9. The lowest BCUT2D eigenvalue weighted by molar-refractivity contribution is -0.385. The van der Waals surface area contributed by atoms with Gasteiger partial charge in [0.1, 0.15) is 0 Å². The van der Waals surface area contributed by atoms with E-state index in [0.29, 0.717) is 11.5 Å². The first-order valence-corrected chi connectivity index (χ1v) is 5.70. The molecule has 8 heteroatoms. The third-order valence-electron chi connectivity index (χ3n) is 2.61. The van der Waals surface area contributed by atoms with Gasteiger partial charge in [0.05, 0.1) is 17.2 Å². The van der Waals surface area contributed by atoms with Gasteiger partial charge in [-0.3, -0.25) is 10.1 Å². The molecule has 0 spiro atoms. The van der Waals surface area contributed by atoms with Crippen LogP contribution in [0.3, 0.4) is 0 Å². The number of nitrogens with one attached hydrogen (secondary N) is 1. The summed E-state index contributed by atoms with van der Waals surface area (Å²) in [6.07, 6.45) is -2.81. The summed E-state index contributed by atoms with van der Waals surface area (Å²) in [6.45, 7) is 1.90. The second-order valence-electron chi connectivity index (χ2n) is 4.12. The monoisotopic (exact) mass is 283 g/mol. The molecule has 1 aromatic carbocycles. The smallest absolute Gasteiger partial charge is 0.270 e. The van der Waals surface area contributed by atoms with Gasteiger partial charge in [-0.1, -0.05) is 5.16 Å². The summed E-state index contributed by atoms with van der Waals surface area (Å²) < 4.78 is 30.7. The van der Waals surface area contributed by atoms with Gasteiger partial charge in [-0.25, -0.2) is 8.78 Å². The highest BCUT2D eigenvalue weighted by atomic mass is 19.3. The number of nitro groups is 1. The first-order valence-electron chi connectivity index (χ1n) is 5.70. The molecule has 1 N–H and O–H groups in total. The van der Waals surface area contributed by atoms with E-state index < -0.39 is 16.9 Å². The van der Waals surface area contributed by atoms with Crippen molar-refractivity contribution in [3.63, 3.8) is 0 Å². The van der Waals surface area contributed by atoms with Gasteiger partial charge in [0.25, 0.3) is 12.1 Å². The Morgan fingerprint density at radius 3 is 2.75 bits per heavy atom. The Morgan fingerprint density at radius 1 is 1.45 bits per heavy atom. The first-order chi connectivity index (χ1) is 9.47. The molecule has 20 heavy (non-hydrogen) atoms. The van der Waals surface area contributed by atoms with Crippen LogP contribution >= 0.6 is 0 Å². The van der Waals surface area contributed by atoms with Gasteiger partial charge in [-0.05, 0) is 13.0 Å². The fourth-order valence-electron chi connectivity index (χ4n) is 1.69. The minimum atomic E-state index is -2.81. The molecule has 6 nitrogen and oxygen atoms in total. The molecule has 0 saturated carbocycles. The number of halogens is 2. The van der Waals surface area contributed by atoms with Crippen molar-refractivity contribution < 1.29 is 18.2 Å². The number of hydrogen-bond acceptors (Lipinski definition) is 5. The number of benzene rings is 1. The molecule has 1 heterocycles. The largest absolute Gasteiger partial charge is 0.377 e. The predicted octanol–water partition coefficient (Wildman–Crippen LogP) is 3.44. The van der Waals surface area contributed by atoms with Crippen molar-refractivity contribution in [2.24, 2.45) is 0 Å². The minimum Gasteiger partial charge on any atom is -0.377 e. The second kappa shape index (κ2) is 5.64. The third-order valence-corrected chi connectivity index (χ3v) is 2.61. The van der Waals surface area contributed by atoms with Crippen molar-refractivity contribution in [3.05, 3.63) is 51.4 Å². The average molecular weight is 283 g/mol. The summed E-state index contributed by atoms with van der Waals surface area (Å²) in [7, 11) is 0. The van der Waals surface area contributed by atoms with Crippen LogP contribution in [0.5, 0.6) is 0 Å². The van der Waals surface area contributed by atoms with Crippen molar-refractivity contribution in [1.82, 2.24) is 5.16 Å². The van der Waals surface area contributed by atoms with E-state index in [4.69, 9.17) is 4.52 Å². The van der Waals surface area contributed by atoms with Gasteiger partial charge in [-0.2, -0.15) is 0 Å². The zero-order chi connectivity index (χ0) is 14.7. The van der Waals surface area contributed by atoms with Crippen LogP contribution in [0.2, 0.25) is 0 Å². The van der Waals surface area contributed by atoms with Gasteiger partial charge in [0, 0.05) is 29.4 Å². The number of anilines is 1. The number of aromatic nitrogens is 1. The fraction of sp³-hybridized carbons (Fsp3) is 0.250. The minimum absolute atomic E-state index is 0.125. The summed E-state index contributed by atoms with van der Waals surface area (Å²) in [5.41, 5.74) is 0.0102. The van der Waals surface area contributed by atoms with E-state index in [2.05, 4.69) is 10.5 Å². The number of nitrogens with zero attached hydrogens (tertiary/aromatic N) is 2. The fourth-order valence-corrected chi connectivity index (χ4v) is 1.69. The molecule has 0 amide bonds. The van der Waals surface area contributed by atoms with E-state index >= 15 is 0 Å². The summed E-state index contributed by atoms with van der Waals surface area (Å²) in [4.78, 5) is 9.87. The lowest BCUT2D eigenvalue weighted by Gasteiger charge is -2.10. The van der Waals surface area contributed by atoms with E-state index in [1.165, 1.54) is 12.1 Å². The highest BCUT2D eigenvalue weighted by molar-refractivity contribution is 5.56. The van der Waals surface area contributed by atoms with Crippen LogP contribution in [-0.2, 0) is 6.54 Å². The van der Waals surface area contributed by atoms with E-state index in [-0.39, 0.29) is 17.9 Å². The number of rotatable bonds is 5. The molecule has 2 rings (SSSR count). The van der Waals surface area contributed by atoms with E-state index in [1.807, 2.05) is 0 Å². The van der Waals surface area contributed by atoms with Crippen LogP contribution in [0.1, 0.15) is 23.4 Å². The molecule has 0 atom stereocenters. The Morgan fingerprint density at radius 2 is 2.20 bits per heavy atom. The highest BCUT2D eigenvalue weighted by Crippen LogP contribution is 2.30. The number of alkyl halides is 2. The Hall–Kier alpha value is -2.51. The SMILES string of the molecule is Cc1cc(CNc2ccc([N+](=O)[O-])cc2C(F)F)on1. The summed E-state index contributed by atoms with van der Waals surface area (Å²) in [5.74, 6) is 0.487. The molecule has 1 aromatic heterocycles. The third kappa shape index (κ3) is 3.08. The Labute approximate surface area is 112 Å². The molecule has 0 unspecified atom stereocenters. The Balaban J connectivity index is 2.20. The molecule has 0 fully saturated rings. The number of hydrogen-bond donors (Lipinski definition) is 1. The molecular weight excluding hydrogens is 272 g/mol. The molecule has 0 aliphatic heterocycles. The maximum Gasteiger partial charge on any atom is 0.270 e. The standard InChI is InChI=1S/C12H11F2N3O3/c1-7-4-9(20-16-7)6-15-11-3-2-8(17(18)19)5-10(11)12(13)14/h2-5,12,15H,6H2,1H3. The van der Waals surface area contributed by atoms with E-state index in [1.54, 1.807) is 13.0 Å². The summed E-state index contributed by atoms with van der Waals surface area (Å²) in [5, 5.41) is 17.0. The van der Waals surface area contributed by atoms with Crippen LogP contribution in [0.15, 0.2) is 28.8 Å². The summed E-state index contributed by atoms with van der Waals surface area (Å²) >= 11 is 0. The molecular formula is C12H11F2N3O3. The Bertz CT molecular complexity index is 628. The molecule has 106 valence electrons. The van der Waals surface area contributed by atoms with Crippen molar-refractivity contribution >= 4 is 11.4 Å². The molecule has 0 aliphatic carbocycles. The normalized spacial score (nSPS) is 10.8. The van der Waals surface area contributed by atoms with Crippen molar-refractivity contribution in [3.8, 4) is 0 Å². The zero-order valence-electron chi connectivity index (χ0n) is 10.5. The van der Waals surface area contributed by atoms with Gasteiger partial charge >= 0.3 is 0 Å². The van der Waals surface area contributed by atoms with Crippen molar-refractivity contribution in [2.45, 2.75) is 19.9 Å². The van der Waals surface area contributed by atoms with Crippen LogP contribution in [0.25, 0.3) is 0 Å². The van der Waals surface area contributed by atoms with Gasteiger partial charge in [-0.15, -0.1) is 0 Å². The topological polar surface area (TPSA) is 81.2 Å². The van der Waals surface area contributed by atoms with Gasteiger partial charge in [0.15, 0.2) is 5.76 Å². The number of nitro benzene ring substituents is 1. The average Bonchev–Trinajstić information content (AvgIpc) is 2.81.